The molecule has 2 aromatic heterocycles. The van der Waals surface area contributed by atoms with Crippen molar-refractivity contribution >= 4 is 22.4 Å². The Labute approximate surface area is 103 Å². The van der Waals surface area contributed by atoms with Crippen molar-refractivity contribution in [3.05, 3.63) is 53.2 Å². The normalized spacial score (nSPS) is 13.0. The molecule has 0 aliphatic rings. The van der Waals surface area contributed by atoms with Gasteiger partial charge in [-0.2, -0.15) is 0 Å². The maximum atomic E-state index is 6.15. The van der Waals surface area contributed by atoms with Crippen LogP contribution in [-0.4, -0.2) is 9.36 Å². The van der Waals surface area contributed by atoms with E-state index < -0.39 is 0 Å². The van der Waals surface area contributed by atoms with Gasteiger partial charge in [-0.25, -0.2) is 4.37 Å². The number of aromatic nitrogens is 2. The summed E-state index contributed by atoms with van der Waals surface area (Å²) in [6, 6.07) is 8.52. The van der Waals surface area contributed by atoms with Crippen LogP contribution in [0.5, 0.6) is 0 Å². The van der Waals surface area contributed by atoms with Crippen LogP contribution in [0.1, 0.15) is 17.2 Å². The molecule has 0 saturated heterocycles. The number of nitrogens with two attached hydrogens (primary N) is 1. The Morgan fingerprint density at radius 2 is 2.29 bits per heavy atom. The minimum atomic E-state index is 0.0325. The average Bonchev–Trinajstić information content (AvgIpc) is 2.99. The van der Waals surface area contributed by atoms with Gasteiger partial charge in [0.1, 0.15) is 0 Å². The summed E-state index contributed by atoms with van der Waals surface area (Å²) in [5.74, 6) is 0. The smallest absolute Gasteiger partial charge is 0.0454 e. The van der Waals surface area contributed by atoms with Gasteiger partial charge in [-0.3, -0.25) is 0 Å². The second-order valence-electron chi connectivity index (χ2n) is 4.17. The van der Waals surface area contributed by atoms with Gasteiger partial charge >= 0.3 is 0 Å². The fraction of sp³-hybridized carbons (Fsp3) is 0.154. The molecule has 3 rings (SSSR count). The van der Waals surface area contributed by atoms with Gasteiger partial charge in [-0.05, 0) is 52.7 Å². The lowest BCUT2D eigenvalue weighted by Gasteiger charge is -2.09. The lowest BCUT2D eigenvalue weighted by Crippen LogP contribution is -2.12. The van der Waals surface area contributed by atoms with E-state index in [0.717, 1.165) is 12.0 Å². The van der Waals surface area contributed by atoms with E-state index in [1.807, 2.05) is 17.8 Å². The van der Waals surface area contributed by atoms with Crippen molar-refractivity contribution in [1.82, 2.24) is 9.36 Å². The van der Waals surface area contributed by atoms with E-state index in [1.165, 1.54) is 28.0 Å². The molecule has 3 nitrogen and oxygen atoms in total. The molecule has 17 heavy (non-hydrogen) atoms. The Bertz CT molecular complexity index is 612. The number of aromatic amines is 1. The summed E-state index contributed by atoms with van der Waals surface area (Å²) in [7, 11) is 0. The Hall–Kier alpha value is -1.65. The van der Waals surface area contributed by atoms with Crippen LogP contribution in [0, 0.1) is 0 Å². The van der Waals surface area contributed by atoms with Gasteiger partial charge in [0, 0.05) is 29.3 Å². The zero-order valence-electron chi connectivity index (χ0n) is 9.26. The Balaban J connectivity index is 1.84. The van der Waals surface area contributed by atoms with E-state index in [0.29, 0.717) is 0 Å². The minimum Gasteiger partial charge on any atom is -0.361 e. The molecule has 3 N–H and O–H groups in total. The maximum Gasteiger partial charge on any atom is 0.0454 e. The summed E-state index contributed by atoms with van der Waals surface area (Å²) in [6.07, 6.45) is 4.65. The van der Waals surface area contributed by atoms with E-state index in [4.69, 9.17) is 5.73 Å². The highest BCUT2D eigenvalue weighted by molar-refractivity contribution is 7.03. The van der Waals surface area contributed by atoms with Crippen LogP contribution in [-0.2, 0) is 6.42 Å². The molecule has 0 bridgehead atoms. The van der Waals surface area contributed by atoms with Crippen LogP contribution in [0.3, 0.4) is 0 Å². The molecule has 4 heteroatoms. The number of fused-ring (bicyclic) bond motifs is 1. The topological polar surface area (TPSA) is 54.7 Å². The van der Waals surface area contributed by atoms with Gasteiger partial charge in [0.05, 0.1) is 0 Å². The first kappa shape index (κ1) is 10.5. The first-order chi connectivity index (χ1) is 8.33. The third-order valence-electron chi connectivity index (χ3n) is 2.95. The molecule has 0 saturated carbocycles. The standard InChI is InChI=1S/C13H13N3S/c14-12(11-7-16-17-8-11)6-9-1-2-13-10(5-9)3-4-15-13/h1-5,7-8,12,15H,6,14H2. The molecule has 3 aromatic rings. The Morgan fingerprint density at radius 1 is 1.35 bits per heavy atom. The van der Waals surface area contributed by atoms with Crippen LogP contribution < -0.4 is 5.73 Å². The highest BCUT2D eigenvalue weighted by Crippen LogP contribution is 2.20. The van der Waals surface area contributed by atoms with Crippen molar-refractivity contribution in [2.75, 3.05) is 0 Å². The lowest BCUT2D eigenvalue weighted by atomic mass is 10.0. The summed E-state index contributed by atoms with van der Waals surface area (Å²) < 4.78 is 4.08. The van der Waals surface area contributed by atoms with Crippen LogP contribution in [0.15, 0.2) is 42.0 Å². The quantitative estimate of drug-likeness (QED) is 0.743. The van der Waals surface area contributed by atoms with E-state index in [9.17, 15) is 0 Å². The van der Waals surface area contributed by atoms with Crippen molar-refractivity contribution in [2.45, 2.75) is 12.5 Å². The summed E-state index contributed by atoms with van der Waals surface area (Å²) in [6.45, 7) is 0. The fourth-order valence-corrected chi connectivity index (χ4v) is 2.60. The first-order valence-electron chi connectivity index (χ1n) is 5.54. The molecule has 86 valence electrons. The summed E-state index contributed by atoms with van der Waals surface area (Å²) >= 11 is 1.45. The maximum absolute atomic E-state index is 6.15. The molecule has 0 radical (unpaired) electrons. The summed E-state index contributed by atoms with van der Waals surface area (Å²) in [5, 5.41) is 3.25. The third kappa shape index (κ3) is 2.09. The molecule has 0 fully saturated rings. The molecule has 1 unspecified atom stereocenters. The van der Waals surface area contributed by atoms with Gasteiger partial charge < -0.3 is 10.7 Å². The summed E-state index contributed by atoms with van der Waals surface area (Å²) in [4.78, 5) is 3.19. The zero-order chi connectivity index (χ0) is 11.7. The Kier molecular flexibility index (Phi) is 2.66. The predicted octanol–water partition coefficient (Wildman–Crippen LogP) is 2.87. The number of benzene rings is 1. The van der Waals surface area contributed by atoms with Crippen molar-refractivity contribution in [3.63, 3.8) is 0 Å². The third-order valence-corrected chi connectivity index (χ3v) is 3.56. The SMILES string of the molecule is NC(Cc1ccc2[nH]ccc2c1)c1cnsc1. The van der Waals surface area contributed by atoms with Gasteiger partial charge in [0.25, 0.3) is 0 Å². The monoisotopic (exact) mass is 243 g/mol. The second-order valence-corrected chi connectivity index (χ2v) is 4.82. The van der Waals surface area contributed by atoms with Crippen molar-refractivity contribution in [1.29, 1.82) is 0 Å². The van der Waals surface area contributed by atoms with Gasteiger partial charge in [0.15, 0.2) is 0 Å². The van der Waals surface area contributed by atoms with Crippen LogP contribution in [0.25, 0.3) is 10.9 Å². The van der Waals surface area contributed by atoms with Crippen LogP contribution in [0.2, 0.25) is 0 Å². The number of H-pyrrole nitrogens is 1. The predicted molar refractivity (Wildman–Crippen MR) is 71.0 cm³/mol. The number of nitrogens with zero attached hydrogens (tertiary/aromatic N) is 1. The van der Waals surface area contributed by atoms with Crippen molar-refractivity contribution in [3.8, 4) is 0 Å². The second kappa shape index (κ2) is 4.31. The molecule has 1 atom stereocenters. The number of hydrogen-bond donors (Lipinski definition) is 2. The van der Waals surface area contributed by atoms with Crippen LogP contribution >= 0.6 is 11.5 Å². The highest BCUT2D eigenvalue weighted by atomic mass is 32.1. The van der Waals surface area contributed by atoms with Crippen molar-refractivity contribution in [2.24, 2.45) is 5.73 Å². The number of hydrogen-bond acceptors (Lipinski definition) is 3. The van der Waals surface area contributed by atoms with E-state index in [1.54, 1.807) is 0 Å². The van der Waals surface area contributed by atoms with Gasteiger partial charge in [-0.15, -0.1) is 0 Å². The number of rotatable bonds is 3. The molecular formula is C13H13N3S. The van der Waals surface area contributed by atoms with Crippen LogP contribution in [0.4, 0.5) is 0 Å². The number of nitrogens with one attached hydrogen (secondary N) is 1. The fourth-order valence-electron chi connectivity index (χ4n) is 2.00. The van der Waals surface area contributed by atoms with Gasteiger partial charge in [-0.1, -0.05) is 6.07 Å². The zero-order valence-corrected chi connectivity index (χ0v) is 10.1. The highest BCUT2D eigenvalue weighted by Gasteiger charge is 2.08. The largest absolute Gasteiger partial charge is 0.361 e. The molecule has 0 aliphatic carbocycles. The molecule has 0 aliphatic heterocycles. The van der Waals surface area contributed by atoms with E-state index in [2.05, 4.69) is 33.6 Å². The van der Waals surface area contributed by atoms with E-state index in [-0.39, 0.29) is 6.04 Å². The molecule has 1 aromatic carbocycles. The molecule has 2 heterocycles. The average molecular weight is 243 g/mol. The van der Waals surface area contributed by atoms with Crippen molar-refractivity contribution < 1.29 is 0 Å². The first-order valence-corrected chi connectivity index (χ1v) is 6.37. The van der Waals surface area contributed by atoms with E-state index >= 15 is 0 Å². The lowest BCUT2D eigenvalue weighted by molar-refractivity contribution is 0.724. The Morgan fingerprint density at radius 3 is 3.12 bits per heavy atom. The molecule has 0 spiro atoms. The minimum absolute atomic E-state index is 0.0325. The molecular weight excluding hydrogens is 230 g/mol. The molecule has 0 amide bonds. The van der Waals surface area contributed by atoms with Gasteiger partial charge in [0.2, 0.25) is 0 Å². The summed E-state index contributed by atoms with van der Waals surface area (Å²) in [5.41, 5.74) is 9.69.